The van der Waals surface area contributed by atoms with Crippen molar-refractivity contribution in [2.75, 3.05) is 0 Å². The highest BCUT2D eigenvalue weighted by molar-refractivity contribution is 7.19. The second-order valence-electron chi connectivity index (χ2n) is 6.07. The minimum atomic E-state index is 0.594. The Morgan fingerprint density at radius 2 is 2.22 bits per heavy atom. The summed E-state index contributed by atoms with van der Waals surface area (Å²) in [6.07, 6.45) is 10.2. The molecule has 23 heavy (non-hydrogen) atoms. The van der Waals surface area contributed by atoms with Gasteiger partial charge in [-0.1, -0.05) is 6.92 Å². The molecule has 0 saturated heterocycles. The van der Waals surface area contributed by atoms with Crippen LogP contribution in [-0.2, 0) is 12.8 Å². The minimum absolute atomic E-state index is 0.594. The predicted molar refractivity (Wildman–Crippen MR) is 88.4 cm³/mol. The van der Waals surface area contributed by atoms with E-state index in [0.29, 0.717) is 11.5 Å². The number of hydrogen-bond donors (Lipinski definition) is 0. The molecule has 114 valence electrons. The van der Waals surface area contributed by atoms with Crippen molar-refractivity contribution in [2.24, 2.45) is 5.92 Å². The van der Waals surface area contributed by atoms with Crippen LogP contribution in [-0.4, -0.2) is 29.5 Å². The minimum Gasteiger partial charge on any atom is -0.261 e. The summed E-state index contributed by atoms with van der Waals surface area (Å²) in [4.78, 5) is 20.2. The number of nitrogens with zero attached hydrogens (tertiary/aromatic N) is 6. The zero-order valence-corrected chi connectivity index (χ0v) is 13.4. The Balaban J connectivity index is 1.78. The summed E-state index contributed by atoms with van der Waals surface area (Å²) in [6.45, 7) is 2.32. The molecule has 4 aromatic rings. The SMILES string of the molecule is CC1CCc2c(sc3ncn4nc(-c5cnccn5)nc4c23)C1. The van der Waals surface area contributed by atoms with Gasteiger partial charge in [0.25, 0.3) is 0 Å². The summed E-state index contributed by atoms with van der Waals surface area (Å²) >= 11 is 1.80. The number of rotatable bonds is 1. The van der Waals surface area contributed by atoms with Crippen molar-refractivity contribution in [1.29, 1.82) is 0 Å². The lowest BCUT2D eigenvalue weighted by molar-refractivity contribution is 0.509. The van der Waals surface area contributed by atoms with Crippen molar-refractivity contribution in [3.63, 3.8) is 0 Å². The molecule has 1 aliphatic rings. The Bertz CT molecular complexity index is 1020. The monoisotopic (exact) mass is 322 g/mol. The molecular weight excluding hydrogens is 308 g/mol. The number of hydrogen-bond acceptors (Lipinski definition) is 6. The van der Waals surface area contributed by atoms with Gasteiger partial charge in [-0.3, -0.25) is 4.98 Å². The third kappa shape index (κ3) is 1.96. The predicted octanol–water partition coefficient (Wildman–Crippen LogP) is 2.92. The summed E-state index contributed by atoms with van der Waals surface area (Å²) in [5.41, 5.74) is 2.98. The maximum atomic E-state index is 4.73. The first-order valence-electron chi connectivity index (χ1n) is 7.71. The standard InChI is InChI=1S/C16H14N6S/c1-9-2-3-10-12(6-9)23-16-13(10)15-20-14(21-22(15)8-19-16)11-7-17-4-5-18-11/h4-5,7-9H,2-3,6H2,1H3. The maximum Gasteiger partial charge on any atom is 0.202 e. The fourth-order valence-corrected chi connectivity index (χ4v) is 4.61. The summed E-state index contributed by atoms with van der Waals surface area (Å²) in [7, 11) is 0. The van der Waals surface area contributed by atoms with E-state index in [1.54, 1.807) is 40.8 Å². The molecule has 0 amide bonds. The Kier molecular flexibility index (Phi) is 2.72. The summed E-state index contributed by atoms with van der Waals surface area (Å²) in [6, 6.07) is 0. The van der Waals surface area contributed by atoms with E-state index in [1.165, 1.54) is 22.2 Å². The smallest absolute Gasteiger partial charge is 0.202 e. The van der Waals surface area contributed by atoms with Crippen molar-refractivity contribution in [1.82, 2.24) is 29.5 Å². The Hall–Kier alpha value is -2.41. The summed E-state index contributed by atoms with van der Waals surface area (Å²) in [5.74, 6) is 1.34. The molecule has 0 saturated carbocycles. The average Bonchev–Trinajstić information content (AvgIpc) is 3.15. The van der Waals surface area contributed by atoms with Gasteiger partial charge in [0.15, 0.2) is 5.65 Å². The van der Waals surface area contributed by atoms with Crippen molar-refractivity contribution in [3.05, 3.63) is 35.4 Å². The summed E-state index contributed by atoms with van der Waals surface area (Å²) < 4.78 is 1.76. The van der Waals surface area contributed by atoms with Crippen LogP contribution in [0.15, 0.2) is 24.9 Å². The molecule has 0 aliphatic heterocycles. The fourth-order valence-electron chi connectivity index (χ4n) is 3.26. The van der Waals surface area contributed by atoms with Crippen molar-refractivity contribution < 1.29 is 0 Å². The zero-order valence-electron chi connectivity index (χ0n) is 12.6. The molecule has 0 fully saturated rings. The highest BCUT2D eigenvalue weighted by atomic mass is 32.1. The van der Waals surface area contributed by atoms with Crippen molar-refractivity contribution in [2.45, 2.75) is 26.2 Å². The molecule has 0 N–H and O–H groups in total. The first-order valence-corrected chi connectivity index (χ1v) is 8.53. The van der Waals surface area contributed by atoms with Gasteiger partial charge in [-0.05, 0) is 30.7 Å². The van der Waals surface area contributed by atoms with E-state index in [1.807, 2.05) is 0 Å². The van der Waals surface area contributed by atoms with Crippen LogP contribution in [0, 0.1) is 5.92 Å². The maximum absolute atomic E-state index is 4.73. The highest BCUT2D eigenvalue weighted by Gasteiger charge is 2.23. The number of fused-ring (bicyclic) bond motifs is 5. The van der Waals surface area contributed by atoms with Crippen LogP contribution in [0.4, 0.5) is 0 Å². The third-order valence-electron chi connectivity index (χ3n) is 4.42. The summed E-state index contributed by atoms with van der Waals surface area (Å²) in [5, 5.41) is 5.69. The van der Waals surface area contributed by atoms with Crippen LogP contribution in [0.5, 0.6) is 0 Å². The number of aryl methyl sites for hydroxylation is 1. The lowest BCUT2D eigenvalue weighted by Crippen LogP contribution is -2.08. The van der Waals surface area contributed by atoms with E-state index in [4.69, 9.17) is 4.98 Å². The van der Waals surface area contributed by atoms with Crippen LogP contribution < -0.4 is 0 Å². The molecule has 1 aliphatic carbocycles. The topological polar surface area (TPSA) is 68.9 Å². The molecule has 0 bridgehead atoms. The van der Waals surface area contributed by atoms with E-state index in [2.05, 4.69) is 27.0 Å². The van der Waals surface area contributed by atoms with E-state index in [-0.39, 0.29) is 0 Å². The highest BCUT2D eigenvalue weighted by Crippen LogP contribution is 2.38. The second kappa shape index (κ2) is 4.79. The number of aromatic nitrogens is 6. The van der Waals surface area contributed by atoms with E-state index in [9.17, 15) is 0 Å². The second-order valence-corrected chi connectivity index (χ2v) is 7.15. The van der Waals surface area contributed by atoms with Gasteiger partial charge in [0.05, 0.1) is 11.6 Å². The van der Waals surface area contributed by atoms with Crippen LogP contribution >= 0.6 is 11.3 Å². The Morgan fingerprint density at radius 3 is 3.09 bits per heavy atom. The van der Waals surface area contributed by atoms with Gasteiger partial charge in [0.2, 0.25) is 5.82 Å². The van der Waals surface area contributed by atoms with Gasteiger partial charge >= 0.3 is 0 Å². The van der Waals surface area contributed by atoms with Gasteiger partial charge in [-0.25, -0.2) is 19.5 Å². The van der Waals surface area contributed by atoms with Gasteiger partial charge in [-0.2, -0.15) is 0 Å². The third-order valence-corrected chi connectivity index (χ3v) is 5.59. The normalized spacial score (nSPS) is 17.7. The van der Waals surface area contributed by atoms with Crippen LogP contribution in [0.2, 0.25) is 0 Å². The largest absolute Gasteiger partial charge is 0.261 e. The fraction of sp³-hybridized carbons (Fsp3) is 0.312. The van der Waals surface area contributed by atoms with E-state index < -0.39 is 0 Å². The first-order chi connectivity index (χ1) is 11.3. The molecule has 6 nitrogen and oxygen atoms in total. The van der Waals surface area contributed by atoms with Gasteiger partial charge < -0.3 is 0 Å². The van der Waals surface area contributed by atoms with Crippen LogP contribution in [0.1, 0.15) is 23.8 Å². The molecule has 1 atom stereocenters. The molecule has 1 unspecified atom stereocenters. The molecular formula is C16H14N6S. The van der Waals surface area contributed by atoms with Gasteiger partial charge in [0, 0.05) is 17.3 Å². The Morgan fingerprint density at radius 1 is 1.26 bits per heavy atom. The molecule has 7 heteroatoms. The molecule has 5 rings (SSSR count). The Labute approximate surface area is 136 Å². The van der Waals surface area contributed by atoms with Crippen molar-refractivity contribution in [3.8, 4) is 11.5 Å². The molecule has 4 heterocycles. The van der Waals surface area contributed by atoms with E-state index >= 15 is 0 Å². The molecule has 0 spiro atoms. The number of thiophene rings is 1. The molecule has 0 radical (unpaired) electrons. The van der Waals surface area contributed by atoms with Gasteiger partial charge in [0.1, 0.15) is 16.9 Å². The van der Waals surface area contributed by atoms with Crippen LogP contribution in [0.3, 0.4) is 0 Å². The van der Waals surface area contributed by atoms with Crippen LogP contribution in [0.25, 0.3) is 27.4 Å². The van der Waals surface area contributed by atoms with E-state index in [0.717, 1.165) is 29.2 Å². The zero-order chi connectivity index (χ0) is 15.4. The van der Waals surface area contributed by atoms with Crippen molar-refractivity contribution >= 4 is 27.2 Å². The lowest BCUT2D eigenvalue weighted by atomic mass is 9.89. The molecule has 0 aromatic carbocycles. The lowest BCUT2D eigenvalue weighted by Gasteiger charge is -2.17. The molecule has 4 aromatic heterocycles. The average molecular weight is 322 g/mol. The first kappa shape index (κ1) is 13.1. The van der Waals surface area contributed by atoms with Gasteiger partial charge in [-0.15, -0.1) is 16.4 Å². The quantitative estimate of drug-likeness (QED) is 0.539.